The Labute approximate surface area is 172 Å². The Morgan fingerprint density at radius 2 is 1.93 bits per heavy atom. The van der Waals surface area contributed by atoms with E-state index in [4.69, 9.17) is 4.74 Å². The van der Waals surface area contributed by atoms with Gasteiger partial charge in [0.2, 0.25) is 6.10 Å². The molecular formula is C23H21N3O4. The Morgan fingerprint density at radius 1 is 1.13 bits per heavy atom. The highest BCUT2D eigenvalue weighted by Gasteiger charge is 2.31. The van der Waals surface area contributed by atoms with Crippen LogP contribution in [0.3, 0.4) is 0 Å². The maximum atomic E-state index is 12.9. The lowest BCUT2D eigenvalue weighted by Crippen LogP contribution is -2.33. The molecule has 7 heteroatoms. The first kappa shape index (κ1) is 18.5. The van der Waals surface area contributed by atoms with E-state index >= 15 is 0 Å². The monoisotopic (exact) mass is 403 g/mol. The van der Waals surface area contributed by atoms with Gasteiger partial charge in [-0.05, 0) is 37.5 Å². The van der Waals surface area contributed by atoms with E-state index in [1.165, 1.54) is 0 Å². The van der Waals surface area contributed by atoms with Crippen LogP contribution >= 0.6 is 0 Å². The van der Waals surface area contributed by atoms with E-state index in [1.54, 1.807) is 47.0 Å². The predicted octanol–water partition coefficient (Wildman–Crippen LogP) is 2.52. The van der Waals surface area contributed by atoms with Gasteiger partial charge in [0.15, 0.2) is 0 Å². The molecule has 1 aromatic heterocycles. The second kappa shape index (κ2) is 7.40. The number of carbonyl (C=O) groups excluding carboxylic acids is 2. The summed E-state index contributed by atoms with van der Waals surface area (Å²) in [6.07, 6.45) is 2.49. The molecule has 2 aromatic carbocycles. The normalized spacial score (nSPS) is 16.1. The second-order valence-electron chi connectivity index (χ2n) is 7.80. The number of fused-ring (bicyclic) bond motifs is 2. The first-order chi connectivity index (χ1) is 14.6. The number of esters is 1. The van der Waals surface area contributed by atoms with E-state index in [2.05, 4.69) is 10.3 Å². The number of hydrogen-bond acceptors (Lipinski definition) is 5. The summed E-state index contributed by atoms with van der Waals surface area (Å²) in [5.41, 5.74) is 1.26. The number of hydrogen-bond donors (Lipinski definition) is 1. The lowest BCUT2D eigenvalue weighted by Gasteiger charge is -2.18. The molecule has 1 fully saturated rings. The fraction of sp³-hybridized carbons (Fsp3) is 0.304. The second-order valence-corrected chi connectivity index (χ2v) is 7.80. The van der Waals surface area contributed by atoms with Gasteiger partial charge in [0.05, 0.1) is 16.5 Å². The van der Waals surface area contributed by atoms with Gasteiger partial charge in [0.25, 0.3) is 11.5 Å². The molecule has 1 aliphatic heterocycles. The number of carbonyl (C=O) groups is 2. The van der Waals surface area contributed by atoms with Crippen LogP contribution < -0.4 is 10.9 Å². The smallest absolute Gasteiger partial charge is 0.339 e. The minimum atomic E-state index is -1.03. The van der Waals surface area contributed by atoms with Crippen molar-refractivity contribution in [2.24, 2.45) is 0 Å². The summed E-state index contributed by atoms with van der Waals surface area (Å²) in [5.74, 6) is -0.213. The van der Waals surface area contributed by atoms with E-state index in [9.17, 15) is 14.4 Å². The van der Waals surface area contributed by atoms with Crippen LogP contribution in [0.2, 0.25) is 0 Å². The third kappa shape index (κ3) is 3.47. The quantitative estimate of drug-likeness (QED) is 0.661. The van der Waals surface area contributed by atoms with Crippen LogP contribution in [0.15, 0.2) is 53.3 Å². The lowest BCUT2D eigenvalue weighted by molar-refractivity contribution is -0.130. The zero-order valence-electron chi connectivity index (χ0n) is 16.3. The van der Waals surface area contributed by atoms with Crippen LogP contribution in [0.1, 0.15) is 47.1 Å². The van der Waals surface area contributed by atoms with Gasteiger partial charge in [-0.3, -0.25) is 14.2 Å². The lowest BCUT2D eigenvalue weighted by atomic mass is 10.1. The number of nitrogens with zero attached hydrogens (tertiary/aromatic N) is 2. The van der Waals surface area contributed by atoms with Crippen molar-refractivity contribution in [3.8, 4) is 0 Å². The average molecular weight is 403 g/mol. The number of amides is 1. The molecule has 0 spiro atoms. The number of ether oxygens (including phenoxy) is 1. The highest BCUT2D eigenvalue weighted by Crippen LogP contribution is 2.25. The van der Waals surface area contributed by atoms with Gasteiger partial charge in [0.1, 0.15) is 5.82 Å². The zero-order chi connectivity index (χ0) is 20.7. The molecule has 30 heavy (non-hydrogen) atoms. The summed E-state index contributed by atoms with van der Waals surface area (Å²) >= 11 is 0. The molecule has 1 amide bonds. The van der Waals surface area contributed by atoms with Gasteiger partial charge < -0.3 is 10.1 Å². The van der Waals surface area contributed by atoms with E-state index in [-0.39, 0.29) is 23.1 Å². The van der Waals surface area contributed by atoms with E-state index in [1.807, 2.05) is 6.07 Å². The fourth-order valence-corrected chi connectivity index (χ4v) is 3.79. The Balaban J connectivity index is 1.45. The molecule has 152 valence electrons. The van der Waals surface area contributed by atoms with Crippen molar-refractivity contribution in [1.82, 2.24) is 14.9 Å². The maximum absolute atomic E-state index is 12.9. The van der Waals surface area contributed by atoms with Crippen molar-refractivity contribution in [2.45, 2.75) is 44.4 Å². The van der Waals surface area contributed by atoms with Gasteiger partial charge in [-0.25, -0.2) is 9.78 Å². The number of rotatable bonds is 5. The first-order valence-corrected chi connectivity index (χ1v) is 10.2. The van der Waals surface area contributed by atoms with Crippen molar-refractivity contribution < 1.29 is 14.3 Å². The van der Waals surface area contributed by atoms with Crippen LogP contribution in [0, 0.1) is 0 Å². The summed E-state index contributed by atoms with van der Waals surface area (Å²) in [6, 6.07) is 13.8. The van der Waals surface area contributed by atoms with Gasteiger partial charge >= 0.3 is 5.97 Å². The SMILES string of the molecule is O=C(O[C@@H](C(=O)NC1CC1)c1ccccc1)c1ccc2c(=O)n3c(nc2c1)CCC3. The van der Waals surface area contributed by atoms with Crippen molar-refractivity contribution in [3.05, 3.63) is 75.8 Å². The fourth-order valence-electron chi connectivity index (χ4n) is 3.79. The molecule has 0 radical (unpaired) electrons. The standard InChI is InChI=1S/C23H21N3O4/c27-21(24-16-9-10-16)20(14-5-2-1-3-6-14)30-23(29)15-8-11-17-18(13-15)25-19-7-4-12-26(19)22(17)28/h1-3,5-6,8,11,13,16,20H,4,7,9-10,12H2,(H,24,27)/t20-/m1/s1. The molecule has 1 N–H and O–H groups in total. The molecule has 0 unspecified atom stereocenters. The highest BCUT2D eigenvalue weighted by atomic mass is 16.5. The molecule has 0 saturated heterocycles. The van der Waals surface area contributed by atoms with Crippen molar-refractivity contribution in [1.29, 1.82) is 0 Å². The molecule has 3 aromatic rings. The molecule has 1 aliphatic carbocycles. The van der Waals surface area contributed by atoms with Gasteiger partial charge in [-0.15, -0.1) is 0 Å². The van der Waals surface area contributed by atoms with Crippen LogP contribution in [-0.4, -0.2) is 27.5 Å². The summed E-state index contributed by atoms with van der Waals surface area (Å²) in [7, 11) is 0. The van der Waals surface area contributed by atoms with Crippen molar-refractivity contribution in [3.63, 3.8) is 0 Å². The van der Waals surface area contributed by atoms with E-state index < -0.39 is 12.1 Å². The van der Waals surface area contributed by atoms with Crippen LogP contribution in [-0.2, 0) is 22.5 Å². The third-order valence-electron chi connectivity index (χ3n) is 5.54. The number of aromatic nitrogens is 2. The van der Waals surface area contributed by atoms with Crippen LogP contribution in [0.4, 0.5) is 0 Å². The van der Waals surface area contributed by atoms with Crippen LogP contribution in [0.25, 0.3) is 10.9 Å². The van der Waals surface area contributed by atoms with Gasteiger partial charge in [0, 0.05) is 24.6 Å². The molecule has 2 aliphatic rings. The van der Waals surface area contributed by atoms with Crippen LogP contribution in [0.5, 0.6) is 0 Å². The molecule has 1 atom stereocenters. The minimum Gasteiger partial charge on any atom is -0.444 e. The predicted molar refractivity (Wildman–Crippen MR) is 110 cm³/mol. The largest absolute Gasteiger partial charge is 0.444 e. The van der Waals surface area contributed by atoms with Gasteiger partial charge in [-0.2, -0.15) is 0 Å². The molecule has 2 heterocycles. The van der Waals surface area contributed by atoms with Crippen molar-refractivity contribution in [2.75, 3.05) is 0 Å². The van der Waals surface area contributed by atoms with Gasteiger partial charge in [-0.1, -0.05) is 30.3 Å². The number of nitrogens with one attached hydrogen (secondary N) is 1. The first-order valence-electron chi connectivity index (χ1n) is 10.2. The Hall–Kier alpha value is -3.48. The topological polar surface area (TPSA) is 90.3 Å². The number of aryl methyl sites for hydroxylation is 1. The van der Waals surface area contributed by atoms with E-state index in [0.717, 1.165) is 31.5 Å². The molecule has 0 bridgehead atoms. The molecular weight excluding hydrogens is 382 g/mol. The average Bonchev–Trinajstić information content (AvgIpc) is 3.45. The van der Waals surface area contributed by atoms with Crippen molar-refractivity contribution >= 4 is 22.8 Å². The minimum absolute atomic E-state index is 0.0848. The maximum Gasteiger partial charge on any atom is 0.339 e. The molecule has 5 rings (SSSR count). The Morgan fingerprint density at radius 3 is 2.70 bits per heavy atom. The summed E-state index contributed by atoms with van der Waals surface area (Å²) < 4.78 is 7.31. The number of benzene rings is 2. The zero-order valence-corrected chi connectivity index (χ0v) is 16.3. The molecule has 7 nitrogen and oxygen atoms in total. The Kier molecular flexibility index (Phi) is 4.58. The summed E-state index contributed by atoms with van der Waals surface area (Å²) in [4.78, 5) is 42.8. The Bertz CT molecular complexity index is 1200. The summed E-state index contributed by atoms with van der Waals surface area (Å²) in [5, 5.41) is 3.38. The molecule has 1 saturated carbocycles. The summed E-state index contributed by atoms with van der Waals surface area (Å²) in [6.45, 7) is 0.676. The van der Waals surface area contributed by atoms with E-state index in [0.29, 0.717) is 23.0 Å². The highest BCUT2D eigenvalue weighted by molar-refractivity contribution is 5.96. The third-order valence-corrected chi connectivity index (χ3v) is 5.54.